The number of hydrogen-bond acceptors (Lipinski definition) is 3. The summed E-state index contributed by atoms with van der Waals surface area (Å²) in [7, 11) is 3.92. The molecule has 2 N–H and O–H groups in total. The molecule has 0 saturated heterocycles. The Bertz CT molecular complexity index is 801. The normalized spacial score (nSPS) is 18.8. The van der Waals surface area contributed by atoms with E-state index in [1.807, 2.05) is 67.5 Å². The van der Waals surface area contributed by atoms with Crippen molar-refractivity contribution in [3.05, 3.63) is 70.8 Å². The molecule has 2 aromatic carbocycles. The summed E-state index contributed by atoms with van der Waals surface area (Å²) in [5.74, 6) is -1.58. The first kappa shape index (κ1) is 17.2. The zero-order valence-electron chi connectivity index (χ0n) is 14.4. The van der Waals surface area contributed by atoms with E-state index >= 15 is 0 Å². The molecule has 5 nitrogen and oxygen atoms in total. The number of nitrogens with one attached hydrogen (secondary N) is 1. The molecule has 0 aliphatic heterocycles. The predicted octanol–water partition coefficient (Wildman–Crippen LogP) is 2.79. The van der Waals surface area contributed by atoms with Crippen LogP contribution in [0.15, 0.2) is 48.5 Å². The van der Waals surface area contributed by atoms with Gasteiger partial charge < -0.3 is 15.3 Å². The molecule has 25 heavy (non-hydrogen) atoms. The van der Waals surface area contributed by atoms with Crippen molar-refractivity contribution < 1.29 is 14.7 Å². The second-order valence-electron chi connectivity index (χ2n) is 6.68. The molecule has 0 fully saturated rings. The van der Waals surface area contributed by atoms with Crippen LogP contribution in [0, 0.1) is 0 Å². The number of benzene rings is 2. The van der Waals surface area contributed by atoms with Gasteiger partial charge in [0, 0.05) is 12.1 Å². The number of carbonyl (C=O) groups is 2. The molecule has 1 aliphatic carbocycles. The van der Waals surface area contributed by atoms with Crippen LogP contribution in [0.1, 0.15) is 45.4 Å². The van der Waals surface area contributed by atoms with Gasteiger partial charge >= 0.3 is 5.97 Å². The fraction of sp³-hybridized carbons (Fsp3) is 0.300. The summed E-state index contributed by atoms with van der Waals surface area (Å²) in [4.78, 5) is 26.3. The Morgan fingerprint density at radius 2 is 1.72 bits per heavy atom. The Labute approximate surface area is 147 Å². The third-order valence-corrected chi connectivity index (χ3v) is 4.57. The summed E-state index contributed by atoms with van der Waals surface area (Å²) in [5.41, 5.74) is 3.27. The van der Waals surface area contributed by atoms with Crippen LogP contribution in [0.3, 0.4) is 0 Å². The van der Waals surface area contributed by atoms with Crippen LogP contribution < -0.4 is 5.32 Å². The van der Waals surface area contributed by atoms with E-state index in [4.69, 9.17) is 0 Å². The Morgan fingerprint density at radius 3 is 2.40 bits per heavy atom. The number of rotatable bonds is 5. The lowest BCUT2D eigenvalue weighted by molar-refractivity contribution is -0.138. The SMILES string of the molecule is CN(C)Cc1ccccc1C(=O)NC1CC(C(=O)O)c2ccccc21. The van der Waals surface area contributed by atoms with E-state index in [2.05, 4.69) is 5.32 Å². The van der Waals surface area contributed by atoms with Gasteiger partial charge in [0.05, 0.1) is 12.0 Å². The first-order valence-corrected chi connectivity index (χ1v) is 8.32. The number of aliphatic carboxylic acids is 1. The smallest absolute Gasteiger partial charge is 0.311 e. The Hall–Kier alpha value is -2.66. The van der Waals surface area contributed by atoms with Gasteiger partial charge in [0.1, 0.15) is 0 Å². The van der Waals surface area contributed by atoms with E-state index in [-0.39, 0.29) is 11.9 Å². The highest BCUT2D eigenvalue weighted by atomic mass is 16.4. The van der Waals surface area contributed by atoms with E-state index in [0.717, 1.165) is 16.7 Å². The molecule has 0 aromatic heterocycles. The van der Waals surface area contributed by atoms with Gasteiger partial charge in [-0.2, -0.15) is 0 Å². The molecule has 0 saturated carbocycles. The zero-order chi connectivity index (χ0) is 18.0. The number of carbonyl (C=O) groups excluding carboxylic acids is 1. The molecule has 2 unspecified atom stereocenters. The molecule has 130 valence electrons. The van der Waals surface area contributed by atoms with Crippen molar-refractivity contribution in [1.29, 1.82) is 0 Å². The van der Waals surface area contributed by atoms with Crippen LogP contribution >= 0.6 is 0 Å². The lowest BCUT2D eigenvalue weighted by atomic mass is 10.0. The monoisotopic (exact) mass is 338 g/mol. The number of fused-ring (bicyclic) bond motifs is 1. The van der Waals surface area contributed by atoms with Gasteiger partial charge in [-0.3, -0.25) is 9.59 Å². The van der Waals surface area contributed by atoms with Gasteiger partial charge in [-0.05, 0) is 43.3 Å². The highest BCUT2D eigenvalue weighted by molar-refractivity contribution is 5.96. The number of nitrogens with zero attached hydrogens (tertiary/aromatic N) is 1. The maximum absolute atomic E-state index is 12.8. The van der Waals surface area contributed by atoms with Gasteiger partial charge in [-0.15, -0.1) is 0 Å². The van der Waals surface area contributed by atoms with Crippen LogP contribution in [0.25, 0.3) is 0 Å². The Balaban J connectivity index is 1.84. The highest BCUT2D eigenvalue weighted by Gasteiger charge is 2.36. The largest absolute Gasteiger partial charge is 0.481 e. The summed E-state index contributed by atoms with van der Waals surface area (Å²) in [6.07, 6.45) is 0.385. The molecule has 2 aromatic rings. The molecule has 0 radical (unpaired) electrons. The van der Waals surface area contributed by atoms with Gasteiger partial charge in [-0.25, -0.2) is 0 Å². The molecular weight excluding hydrogens is 316 g/mol. The number of carboxylic acids is 1. The number of carboxylic acid groups (broad SMARTS) is 1. The Kier molecular flexibility index (Phi) is 4.86. The van der Waals surface area contributed by atoms with E-state index < -0.39 is 11.9 Å². The molecular formula is C20H22N2O3. The predicted molar refractivity (Wildman–Crippen MR) is 95.5 cm³/mol. The zero-order valence-corrected chi connectivity index (χ0v) is 14.4. The average molecular weight is 338 g/mol. The van der Waals surface area contributed by atoms with Gasteiger partial charge in [0.15, 0.2) is 0 Å². The summed E-state index contributed by atoms with van der Waals surface area (Å²) in [6, 6.07) is 14.7. The minimum atomic E-state index is -0.850. The third-order valence-electron chi connectivity index (χ3n) is 4.57. The lowest BCUT2D eigenvalue weighted by Gasteiger charge is -2.17. The van der Waals surface area contributed by atoms with Crippen molar-refractivity contribution in [3.8, 4) is 0 Å². The van der Waals surface area contributed by atoms with Crippen molar-refractivity contribution in [2.24, 2.45) is 0 Å². The van der Waals surface area contributed by atoms with Crippen molar-refractivity contribution in [3.63, 3.8) is 0 Å². The van der Waals surface area contributed by atoms with E-state index in [9.17, 15) is 14.7 Å². The summed E-state index contributed by atoms with van der Waals surface area (Å²) in [5, 5.41) is 12.5. The maximum atomic E-state index is 12.8. The minimum Gasteiger partial charge on any atom is -0.481 e. The van der Waals surface area contributed by atoms with E-state index in [1.54, 1.807) is 0 Å². The van der Waals surface area contributed by atoms with Crippen molar-refractivity contribution in [2.45, 2.75) is 24.9 Å². The molecule has 1 amide bonds. The summed E-state index contributed by atoms with van der Waals surface area (Å²) in [6.45, 7) is 0.669. The average Bonchev–Trinajstić information content (AvgIpc) is 2.94. The van der Waals surface area contributed by atoms with Crippen LogP contribution in [0.4, 0.5) is 0 Å². The fourth-order valence-corrected chi connectivity index (χ4v) is 3.46. The summed E-state index contributed by atoms with van der Waals surface area (Å²) >= 11 is 0. The number of amides is 1. The molecule has 0 heterocycles. The molecule has 5 heteroatoms. The fourth-order valence-electron chi connectivity index (χ4n) is 3.46. The van der Waals surface area contributed by atoms with Crippen LogP contribution in [0.5, 0.6) is 0 Å². The molecule has 1 aliphatic rings. The molecule has 0 spiro atoms. The van der Waals surface area contributed by atoms with Crippen LogP contribution in [-0.4, -0.2) is 36.0 Å². The highest BCUT2D eigenvalue weighted by Crippen LogP contribution is 2.40. The second-order valence-corrected chi connectivity index (χ2v) is 6.68. The quantitative estimate of drug-likeness (QED) is 0.879. The summed E-state index contributed by atoms with van der Waals surface area (Å²) < 4.78 is 0. The van der Waals surface area contributed by atoms with Crippen molar-refractivity contribution in [2.75, 3.05) is 14.1 Å². The first-order chi connectivity index (χ1) is 12.0. The third kappa shape index (κ3) is 3.56. The standard InChI is InChI=1S/C20H22N2O3/c1-22(2)12-13-7-3-4-8-14(13)19(23)21-18-11-17(20(24)25)15-9-5-6-10-16(15)18/h3-10,17-18H,11-12H2,1-2H3,(H,21,23)(H,24,25). The first-order valence-electron chi connectivity index (χ1n) is 8.32. The van der Waals surface area contributed by atoms with Crippen molar-refractivity contribution in [1.82, 2.24) is 10.2 Å². The number of hydrogen-bond donors (Lipinski definition) is 2. The van der Waals surface area contributed by atoms with E-state index in [1.165, 1.54) is 0 Å². The molecule has 0 bridgehead atoms. The maximum Gasteiger partial charge on any atom is 0.311 e. The van der Waals surface area contributed by atoms with Crippen LogP contribution in [0.2, 0.25) is 0 Å². The lowest BCUT2D eigenvalue weighted by Crippen LogP contribution is -2.29. The molecule has 3 rings (SSSR count). The Morgan fingerprint density at radius 1 is 1.08 bits per heavy atom. The topological polar surface area (TPSA) is 69.6 Å². The van der Waals surface area contributed by atoms with Crippen molar-refractivity contribution >= 4 is 11.9 Å². The second kappa shape index (κ2) is 7.07. The van der Waals surface area contributed by atoms with Gasteiger partial charge in [0.2, 0.25) is 0 Å². The van der Waals surface area contributed by atoms with Gasteiger partial charge in [0.25, 0.3) is 5.91 Å². The van der Waals surface area contributed by atoms with Crippen LogP contribution in [-0.2, 0) is 11.3 Å². The van der Waals surface area contributed by atoms with E-state index in [0.29, 0.717) is 18.5 Å². The minimum absolute atomic E-state index is 0.164. The van der Waals surface area contributed by atoms with Gasteiger partial charge in [-0.1, -0.05) is 42.5 Å². The molecule has 2 atom stereocenters.